The molecule has 0 aliphatic carbocycles. The van der Waals surface area contributed by atoms with Crippen LogP contribution in [0.25, 0.3) is 0 Å². The van der Waals surface area contributed by atoms with Crippen molar-refractivity contribution in [3.05, 3.63) is 34.3 Å². The number of nitrogens with one attached hydrogen (secondary N) is 2. The number of carbonyl (C=O) groups excluding carboxylic acids is 2. The van der Waals surface area contributed by atoms with Gasteiger partial charge < -0.3 is 5.32 Å². The fourth-order valence-corrected chi connectivity index (χ4v) is 1.99. The summed E-state index contributed by atoms with van der Waals surface area (Å²) in [4.78, 5) is 25.1. The maximum atomic E-state index is 11.8. The molecule has 0 spiro atoms. The third kappa shape index (κ3) is 7.24. The van der Waals surface area contributed by atoms with Crippen molar-refractivity contribution < 1.29 is 9.59 Å². The van der Waals surface area contributed by atoms with Crippen LogP contribution in [0, 0.1) is 0 Å². The van der Waals surface area contributed by atoms with E-state index in [-0.39, 0.29) is 18.5 Å². The predicted molar refractivity (Wildman–Crippen MR) is 86.9 cm³/mol. The second kappa shape index (κ2) is 8.79. The lowest BCUT2D eigenvalue weighted by molar-refractivity contribution is -0.120. The number of likely N-dealkylation sites (N-methyl/N-ethyl adjacent to an activating group) is 1. The van der Waals surface area contributed by atoms with Gasteiger partial charge in [-0.05, 0) is 38.1 Å². The van der Waals surface area contributed by atoms with Crippen molar-refractivity contribution in [1.82, 2.24) is 15.5 Å². The van der Waals surface area contributed by atoms with E-state index in [1.807, 2.05) is 50.1 Å². The summed E-state index contributed by atoms with van der Waals surface area (Å²) in [6.45, 7) is 4.68. The van der Waals surface area contributed by atoms with E-state index < -0.39 is 6.03 Å². The van der Waals surface area contributed by atoms with Crippen LogP contribution in [-0.4, -0.2) is 36.5 Å². The van der Waals surface area contributed by atoms with Gasteiger partial charge in [-0.1, -0.05) is 35.0 Å². The number of rotatable bonds is 6. The molecule has 0 heterocycles. The van der Waals surface area contributed by atoms with Gasteiger partial charge in [0, 0.05) is 17.1 Å². The largest absolute Gasteiger partial charge is 0.335 e. The van der Waals surface area contributed by atoms with E-state index in [1.165, 1.54) is 0 Å². The summed E-state index contributed by atoms with van der Waals surface area (Å²) < 4.78 is 1.02. The molecule has 1 atom stereocenters. The maximum absolute atomic E-state index is 11.8. The van der Waals surface area contributed by atoms with Crippen molar-refractivity contribution in [3.8, 4) is 0 Å². The highest BCUT2D eigenvalue weighted by Crippen LogP contribution is 2.11. The van der Waals surface area contributed by atoms with Crippen molar-refractivity contribution in [2.75, 3.05) is 13.6 Å². The zero-order valence-electron chi connectivity index (χ0n) is 12.6. The molecule has 0 aliphatic rings. The summed E-state index contributed by atoms with van der Waals surface area (Å²) in [7, 11) is 1.84. The van der Waals surface area contributed by atoms with Crippen molar-refractivity contribution >= 4 is 27.9 Å². The summed E-state index contributed by atoms with van der Waals surface area (Å²) in [5, 5.41) is 5.03. The van der Waals surface area contributed by atoms with E-state index in [9.17, 15) is 9.59 Å². The highest BCUT2D eigenvalue weighted by atomic mass is 79.9. The number of amides is 3. The Morgan fingerprint density at radius 2 is 1.90 bits per heavy atom. The standard InChI is InChI=1S/C15H22BrN3O2/c1-4-11(2)17-15(21)18-14(20)10-19(3)9-12-5-7-13(16)8-6-12/h5-8,11H,4,9-10H2,1-3H3,(H2,17,18,20,21)/t11-/m1/s1. The molecule has 2 N–H and O–H groups in total. The fraction of sp³-hybridized carbons (Fsp3) is 0.467. The van der Waals surface area contributed by atoms with Crippen LogP contribution in [-0.2, 0) is 11.3 Å². The molecule has 0 saturated carbocycles. The molecule has 3 amide bonds. The molecule has 1 aromatic carbocycles. The lowest BCUT2D eigenvalue weighted by Crippen LogP contribution is -2.46. The molecule has 21 heavy (non-hydrogen) atoms. The number of halogens is 1. The molecule has 1 rings (SSSR count). The van der Waals surface area contributed by atoms with Crippen LogP contribution >= 0.6 is 15.9 Å². The van der Waals surface area contributed by atoms with E-state index in [0.29, 0.717) is 6.54 Å². The third-order valence-corrected chi connectivity index (χ3v) is 3.55. The summed E-state index contributed by atoms with van der Waals surface area (Å²) in [6.07, 6.45) is 0.824. The van der Waals surface area contributed by atoms with Gasteiger partial charge in [-0.2, -0.15) is 0 Å². The Morgan fingerprint density at radius 1 is 1.29 bits per heavy atom. The zero-order valence-corrected chi connectivity index (χ0v) is 14.2. The van der Waals surface area contributed by atoms with Crippen LogP contribution in [0.4, 0.5) is 4.79 Å². The van der Waals surface area contributed by atoms with Gasteiger partial charge in [0.2, 0.25) is 5.91 Å². The number of hydrogen-bond donors (Lipinski definition) is 2. The first-order valence-corrected chi connectivity index (χ1v) is 7.73. The van der Waals surface area contributed by atoms with E-state index >= 15 is 0 Å². The second-order valence-electron chi connectivity index (χ2n) is 5.13. The Bertz CT molecular complexity index is 476. The Hall–Kier alpha value is -1.40. The van der Waals surface area contributed by atoms with Gasteiger partial charge in [0.15, 0.2) is 0 Å². The molecule has 0 bridgehead atoms. The molecular weight excluding hydrogens is 334 g/mol. The topological polar surface area (TPSA) is 61.4 Å². The number of hydrogen-bond acceptors (Lipinski definition) is 3. The smallest absolute Gasteiger partial charge is 0.321 e. The number of urea groups is 1. The highest BCUT2D eigenvalue weighted by Gasteiger charge is 2.12. The molecule has 116 valence electrons. The normalized spacial score (nSPS) is 12.0. The van der Waals surface area contributed by atoms with E-state index in [2.05, 4.69) is 26.6 Å². The third-order valence-electron chi connectivity index (χ3n) is 3.02. The number of carbonyl (C=O) groups is 2. The van der Waals surface area contributed by atoms with Crippen LogP contribution in [0.2, 0.25) is 0 Å². The van der Waals surface area contributed by atoms with Crippen molar-refractivity contribution in [3.63, 3.8) is 0 Å². The lowest BCUT2D eigenvalue weighted by atomic mass is 10.2. The molecular formula is C15H22BrN3O2. The van der Waals surface area contributed by atoms with Crippen LogP contribution in [0.3, 0.4) is 0 Å². The molecule has 1 aromatic rings. The molecule has 0 aromatic heterocycles. The van der Waals surface area contributed by atoms with Gasteiger partial charge in [-0.15, -0.1) is 0 Å². The van der Waals surface area contributed by atoms with Crippen molar-refractivity contribution in [2.45, 2.75) is 32.9 Å². The summed E-state index contributed by atoms with van der Waals surface area (Å²) in [5.74, 6) is -0.310. The lowest BCUT2D eigenvalue weighted by Gasteiger charge is -2.17. The zero-order chi connectivity index (χ0) is 15.8. The Kier molecular flexibility index (Phi) is 7.39. The van der Waals surface area contributed by atoms with Gasteiger partial charge >= 0.3 is 6.03 Å². The quantitative estimate of drug-likeness (QED) is 0.823. The van der Waals surface area contributed by atoms with Crippen molar-refractivity contribution in [2.24, 2.45) is 0 Å². The van der Waals surface area contributed by atoms with E-state index in [4.69, 9.17) is 0 Å². The monoisotopic (exact) mass is 355 g/mol. The average Bonchev–Trinajstić information content (AvgIpc) is 2.40. The molecule has 0 saturated heterocycles. The van der Waals surface area contributed by atoms with Crippen molar-refractivity contribution in [1.29, 1.82) is 0 Å². The van der Waals surface area contributed by atoms with E-state index in [0.717, 1.165) is 16.5 Å². The minimum absolute atomic E-state index is 0.0540. The van der Waals surface area contributed by atoms with Gasteiger partial charge in [0.1, 0.15) is 0 Å². The maximum Gasteiger partial charge on any atom is 0.321 e. The van der Waals surface area contributed by atoms with Gasteiger partial charge in [-0.25, -0.2) is 4.79 Å². The average molecular weight is 356 g/mol. The predicted octanol–water partition coefficient (Wildman–Crippen LogP) is 2.51. The SMILES string of the molecule is CC[C@@H](C)NC(=O)NC(=O)CN(C)Cc1ccc(Br)cc1. The van der Waals surface area contributed by atoms with Crippen LogP contribution in [0.5, 0.6) is 0 Å². The first kappa shape index (κ1) is 17.7. The fourth-order valence-electron chi connectivity index (χ4n) is 1.73. The van der Waals surface area contributed by atoms with Crippen LogP contribution in [0.1, 0.15) is 25.8 Å². The molecule has 0 radical (unpaired) electrons. The van der Waals surface area contributed by atoms with Gasteiger partial charge in [-0.3, -0.25) is 15.0 Å². The minimum Gasteiger partial charge on any atom is -0.335 e. The van der Waals surface area contributed by atoms with Crippen LogP contribution in [0.15, 0.2) is 28.7 Å². The number of imide groups is 1. The summed E-state index contributed by atoms with van der Waals surface area (Å²) >= 11 is 3.38. The Balaban J connectivity index is 2.36. The molecule has 5 nitrogen and oxygen atoms in total. The molecule has 0 aliphatic heterocycles. The van der Waals surface area contributed by atoms with Gasteiger partial charge in [0.05, 0.1) is 6.54 Å². The number of benzene rings is 1. The summed E-state index contributed by atoms with van der Waals surface area (Å²) in [6, 6.07) is 7.53. The molecule has 0 fully saturated rings. The highest BCUT2D eigenvalue weighted by molar-refractivity contribution is 9.10. The van der Waals surface area contributed by atoms with Crippen LogP contribution < -0.4 is 10.6 Å². The Morgan fingerprint density at radius 3 is 2.48 bits per heavy atom. The summed E-state index contributed by atoms with van der Waals surface area (Å²) in [5.41, 5.74) is 1.11. The molecule has 6 heteroatoms. The van der Waals surface area contributed by atoms with E-state index in [1.54, 1.807) is 0 Å². The first-order chi connectivity index (χ1) is 9.90. The number of nitrogens with zero attached hydrogens (tertiary/aromatic N) is 1. The first-order valence-electron chi connectivity index (χ1n) is 6.94. The Labute approximate surface area is 134 Å². The minimum atomic E-state index is -0.439. The van der Waals surface area contributed by atoms with Gasteiger partial charge in [0.25, 0.3) is 0 Å². The second-order valence-corrected chi connectivity index (χ2v) is 6.05. The molecule has 0 unspecified atom stereocenters.